The minimum Gasteiger partial charge on any atom is -0.383 e. The Bertz CT molecular complexity index is 1630. The van der Waals surface area contributed by atoms with Gasteiger partial charge in [0.25, 0.3) is 0 Å². The average molecular weight is 548 g/mol. The Labute approximate surface area is 229 Å². The van der Waals surface area contributed by atoms with Crippen molar-refractivity contribution in [2.24, 2.45) is 0 Å². The molecule has 0 unspecified atom stereocenters. The van der Waals surface area contributed by atoms with Gasteiger partial charge in [0.05, 0.1) is 16.8 Å². The quantitative estimate of drug-likeness (QED) is 0.291. The number of nitrogens with two attached hydrogens (primary N) is 1. The fraction of sp³-hybridized carbons (Fsp3) is 0.179. The molecule has 1 aliphatic heterocycles. The van der Waals surface area contributed by atoms with Crippen LogP contribution in [0.25, 0.3) is 28.0 Å². The molecule has 5 aromatic rings. The van der Waals surface area contributed by atoms with E-state index in [1.807, 2.05) is 30.3 Å². The summed E-state index contributed by atoms with van der Waals surface area (Å²) >= 11 is 12.3. The van der Waals surface area contributed by atoms with E-state index >= 15 is 0 Å². The summed E-state index contributed by atoms with van der Waals surface area (Å²) in [5.74, 6) is 0.631. The number of anilines is 3. The van der Waals surface area contributed by atoms with Crippen molar-refractivity contribution in [1.82, 2.24) is 19.7 Å². The van der Waals surface area contributed by atoms with E-state index < -0.39 is 0 Å². The fourth-order valence-electron chi connectivity index (χ4n) is 4.81. The predicted molar refractivity (Wildman–Crippen MR) is 152 cm³/mol. The molecule has 192 valence electrons. The zero-order valence-corrected chi connectivity index (χ0v) is 22.1. The van der Waals surface area contributed by atoms with E-state index in [1.165, 1.54) is 17.7 Å². The zero-order valence-electron chi connectivity index (χ0n) is 20.6. The monoisotopic (exact) mass is 547 g/mol. The Morgan fingerprint density at radius 2 is 1.47 bits per heavy atom. The Morgan fingerprint density at radius 1 is 0.816 bits per heavy atom. The van der Waals surface area contributed by atoms with Crippen LogP contribution in [0.2, 0.25) is 10.0 Å². The molecule has 0 bridgehead atoms. The van der Waals surface area contributed by atoms with E-state index in [9.17, 15) is 4.39 Å². The van der Waals surface area contributed by atoms with Crippen LogP contribution in [0.1, 0.15) is 5.56 Å². The third kappa shape index (κ3) is 4.50. The van der Waals surface area contributed by atoms with Crippen molar-refractivity contribution in [2.45, 2.75) is 6.92 Å². The maximum Gasteiger partial charge on any atom is 0.228 e. The van der Waals surface area contributed by atoms with Crippen molar-refractivity contribution >= 4 is 51.7 Å². The first-order valence-electron chi connectivity index (χ1n) is 12.2. The molecule has 3 aromatic carbocycles. The molecular formula is C28H24Cl2FN7. The minimum atomic E-state index is -0.323. The maximum absolute atomic E-state index is 13.7. The first kappa shape index (κ1) is 24.5. The molecule has 38 heavy (non-hydrogen) atoms. The standard InChI is InChI=1S/C28H24Cl2FN7/c1-17-2-5-20(30)16-23(17)36-12-14-37(15-13-36)28-33-25(18-3-8-21(31)9-4-18)24-26(32)38(35-27(24)34-28)22-10-6-19(29)7-11-22/h2-11,16H,12-15,32H2,1H3. The van der Waals surface area contributed by atoms with Gasteiger partial charge in [0.1, 0.15) is 11.6 Å². The summed E-state index contributed by atoms with van der Waals surface area (Å²) in [4.78, 5) is 14.2. The third-order valence-electron chi connectivity index (χ3n) is 6.82. The van der Waals surface area contributed by atoms with Gasteiger partial charge in [-0.3, -0.25) is 0 Å². The number of nitrogen functional groups attached to an aromatic ring is 1. The number of fused-ring (bicyclic) bond motifs is 1. The molecule has 2 aromatic heterocycles. The summed E-state index contributed by atoms with van der Waals surface area (Å²) in [5.41, 5.74) is 11.5. The Morgan fingerprint density at radius 3 is 2.18 bits per heavy atom. The SMILES string of the molecule is Cc1ccc(Cl)cc1N1CCN(c2nc(-c3ccc(F)cc3)c3c(N)n(-c4ccc(Cl)cc4)nc3n2)CC1. The lowest BCUT2D eigenvalue weighted by atomic mass is 10.1. The predicted octanol–water partition coefficient (Wildman–Crippen LogP) is 6.15. The van der Waals surface area contributed by atoms with Crippen LogP contribution in [0.5, 0.6) is 0 Å². The molecule has 3 heterocycles. The zero-order chi connectivity index (χ0) is 26.4. The van der Waals surface area contributed by atoms with Crippen LogP contribution in [0, 0.1) is 12.7 Å². The lowest BCUT2D eigenvalue weighted by Gasteiger charge is -2.37. The molecule has 6 rings (SSSR count). The Kier molecular flexibility index (Phi) is 6.29. The van der Waals surface area contributed by atoms with E-state index in [2.05, 4.69) is 16.7 Å². The maximum atomic E-state index is 13.7. The largest absolute Gasteiger partial charge is 0.383 e. The van der Waals surface area contributed by atoms with Crippen molar-refractivity contribution in [1.29, 1.82) is 0 Å². The van der Waals surface area contributed by atoms with E-state index in [0.717, 1.165) is 35.1 Å². The van der Waals surface area contributed by atoms with Gasteiger partial charge in [0.15, 0.2) is 5.65 Å². The highest BCUT2D eigenvalue weighted by atomic mass is 35.5. The second-order valence-electron chi connectivity index (χ2n) is 9.26. The highest BCUT2D eigenvalue weighted by molar-refractivity contribution is 6.31. The van der Waals surface area contributed by atoms with Crippen molar-refractivity contribution in [3.05, 3.63) is 88.2 Å². The van der Waals surface area contributed by atoms with Gasteiger partial charge in [-0.2, -0.15) is 4.98 Å². The molecule has 0 amide bonds. The first-order chi connectivity index (χ1) is 18.4. The lowest BCUT2D eigenvalue weighted by Crippen LogP contribution is -2.47. The van der Waals surface area contributed by atoms with E-state index in [4.69, 9.17) is 44.0 Å². The van der Waals surface area contributed by atoms with Gasteiger partial charge in [-0.15, -0.1) is 5.10 Å². The van der Waals surface area contributed by atoms with Gasteiger partial charge in [0, 0.05) is 47.5 Å². The van der Waals surface area contributed by atoms with Crippen LogP contribution < -0.4 is 15.5 Å². The van der Waals surface area contributed by atoms with E-state index in [0.29, 0.717) is 46.6 Å². The van der Waals surface area contributed by atoms with Crippen LogP contribution >= 0.6 is 23.2 Å². The number of piperazine rings is 1. The number of benzene rings is 3. The van der Waals surface area contributed by atoms with Gasteiger partial charge in [-0.05, 0) is 73.2 Å². The van der Waals surface area contributed by atoms with E-state index in [1.54, 1.807) is 28.9 Å². The molecule has 1 fully saturated rings. The summed E-state index contributed by atoms with van der Waals surface area (Å²) in [5, 5.41) is 6.68. The topological polar surface area (TPSA) is 76.1 Å². The average Bonchev–Trinajstić information content (AvgIpc) is 3.27. The molecule has 7 nitrogen and oxygen atoms in total. The second-order valence-corrected chi connectivity index (χ2v) is 10.1. The number of rotatable bonds is 4. The molecule has 0 spiro atoms. The number of hydrogen-bond donors (Lipinski definition) is 1. The van der Waals surface area contributed by atoms with Crippen LogP contribution in [0.3, 0.4) is 0 Å². The number of aromatic nitrogens is 4. The molecule has 0 radical (unpaired) electrons. The highest BCUT2D eigenvalue weighted by Crippen LogP contribution is 2.34. The van der Waals surface area contributed by atoms with Gasteiger partial charge in [-0.25, -0.2) is 14.1 Å². The third-order valence-corrected chi connectivity index (χ3v) is 7.31. The minimum absolute atomic E-state index is 0.323. The molecule has 0 aliphatic carbocycles. The van der Waals surface area contributed by atoms with Crippen LogP contribution in [-0.4, -0.2) is 45.9 Å². The molecule has 1 aliphatic rings. The number of hydrogen-bond acceptors (Lipinski definition) is 6. The molecule has 1 saturated heterocycles. The van der Waals surface area contributed by atoms with Crippen LogP contribution in [0.15, 0.2) is 66.7 Å². The van der Waals surface area contributed by atoms with Gasteiger partial charge >= 0.3 is 0 Å². The Hall–Kier alpha value is -3.88. The van der Waals surface area contributed by atoms with Crippen LogP contribution in [0.4, 0.5) is 21.8 Å². The van der Waals surface area contributed by atoms with Crippen molar-refractivity contribution in [3.63, 3.8) is 0 Å². The molecule has 2 N–H and O–H groups in total. The summed E-state index contributed by atoms with van der Waals surface area (Å²) in [6.45, 7) is 5.10. The van der Waals surface area contributed by atoms with Crippen molar-refractivity contribution < 1.29 is 4.39 Å². The molecule has 0 saturated carbocycles. The number of aryl methyl sites for hydroxylation is 1. The lowest BCUT2D eigenvalue weighted by molar-refractivity contribution is 0.628. The highest BCUT2D eigenvalue weighted by Gasteiger charge is 2.25. The fourth-order valence-corrected chi connectivity index (χ4v) is 5.10. The van der Waals surface area contributed by atoms with Gasteiger partial charge < -0.3 is 15.5 Å². The summed E-state index contributed by atoms with van der Waals surface area (Å²) in [6.07, 6.45) is 0. The number of nitrogens with zero attached hydrogens (tertiary/aromatic N) is 6. The van der Waals surface area contributed by atoms with Crippen molar-refractivity contribution in [3.8, 4) is 16.9 Å². The van der Waals surface area contributed by atoms with Gasteiger partial charge in [0.2, 0.25) is 5.95 Å². The molecular weight excluding hydrogens is 524 g/mol. The van der Waals surface area contributed by atoms with Crippen molar-refractivity contribution in [2.75, 3.05) is 41.7 Å². The smallest absolute Gasteiger partial charge is 0.228 e. The summed E-state index contributed by atoms with van der Waals surface area (Å²) in [7, 11) is 0. The first-order valence-corrected chi connectivity index (χ1v) is 13.0. The number of halogens is 3. The normalized spacial score (nSPS) is 13.9. The molecule has 10 heteroatoms. The van der Waals surface area contributed by atoms with E-state index in [-0.39, 0.29) is 5.82 Å². The van der Waals surface area contributed by atoms with Crippen LogP contribution in [-0.2, 0) is 0 Å². The van der Waals surface area contributed by atoms with Gasteiger partial charge in [-0.1, -0.05) is 29.3 Å². The Balaban J connectivity index is 1.40. The molecule has 0 atom stereocenters. The summed E-state index contributed by atoms with van der Waals surface area (Å²) < 4.78 is 15.4. The summed E-state index contributed by atoms with van der Waals surface area (Å²) in [6, 6.07) is 19.4. The second kappa shape index (κ2) is 9.78.